The second kappa shape index (κ2) is 5.08. The van der Waals surface area contributed by atoms with Crippen molar-refractivity contribution < 1.29 is 22.4 Å². The number of nitrogens with two attached hydrogens (primary N) is 1. The van der Waals surface area contributed by atoms with Crippen molar-refractivity contribution in [2.24, 2.45) is 0 Å². The van der Waals surface area contributed by atoms with E-state index in [1.165, 1.54) is 13.8 Å². The van der Waals surface area contributed by atoms with Crippen molar-refractivity contribution in [3.05, 3.63) is 23.5 Å². The molecule has 1 unspecified atom stereocenters. The predicted molar refractivity (Wildman–Crippen MR) is 72.1 cm³/mol. The van der Waals surface area contributed by atoms with Crippen molar-refractivity contribution >= 4 is 27.5 Å². The molecule has 3 N–H and O–H groups in total. The molecule has 114 valence electrons. The zero-order valence-electron chi connectivity index (χ0n) is 11.4. The highest BCUT2D eigenvalue weighted by Crippen LogP contribution is 2.25. The highest BCUT2D eigenvalue weighted by molar-refractivity contribution is 7.89. The first-order valence-corrected chi connectivity index (χ1v) is 7.49. The molecule has 7 nitrogen and oxygen atoms in total. The summed E-state index contributed by atoms with van der Waals surface area (Å²) in [5.74, 6) is -2.12. The molecule has 0 spiro atoms. The second-order valence-electron chi connectivity index (χ2n) is 4.78. The molecule has 1 aromatic rings. The van der Waals surface area contributed by atoms with Crippen LogP contribution in [-0.2, 0) is 19.6 Å². The molecule has 1 aliphatic heterocycles. The van der Waals surface area contributed by atoms with Crippen molar-refractivity contribution in [1.82, 2.24) is 9.62 Å². The Balaban J connectivity index is 2.51. The number of anilines is 1. The van der Waals surface area contributed by atoms with Gasteiger partial charge < -0.3 is 5.73 Å². The number of imide groups is 1. The highest BCUT2D eigenvalue weighted by Gasteiger charge is 2.39. The molecule has 0 aromatic heterocycles. The van der Waals surface area contributed by atoms with Crippen molar-refractivity contribution in [3.63, 3.8) is 0 Å². The van der Waals surface area contributed by atoms with Crippen LogP contribution < -0.4 is 11.1 Å². The van der Waals surface area contributed by atoms with Gasteiger partial charge in [-0.05, 0) is 31.5 Å². The Bertz CT molecular complexity index is 709. The van der Waals surface area contributed by atoms with E-state index in [1.807, 2.05) is 5.32 Å². The molecular formula is C12H14FN3O4S. The number of nitrogens with one attached hydrogen (secondary N) is 1. The van der Waals surface area contributed by atoms with Gasteiger partial charge >= 0.3 is 0 Å². The maximum absolute atomic E-state index is 13.5. The molecule has 1 saturated heterocycles. The fraction of sp³-hybridized carbons (Fsp3) is 0.333. The minimum absolute atomic E-state index is 0.0639. The van der Waals surface area contributed by atoms with E-state index in [0.29, 0.717) is 0 Å². The Labute approximate surface area is 121 Å². The molecule has 1 aliphatic rings. The number of hydrogen-bond acceptors (Lipinski definition) is 5. The van der Waals surface area contributed by atoms with Gasteiger partial charge in [0.05, 0.1) is 17.1 Å². The van der Waals surface area contributed by atoms with Gasteiger partial charge in [0.15, 0.2) is 0 Å². The Hall–Kier alpha value is -2.00. The molecular weight excluding hydrogens is 301 g/mol. The Kier molecular flexibility index (Phi) is 3.72. The van der Waals surface area contributed by atoms with Crippen LogP contribution in [0.4, 0.5) is 10.1 Å². The lowest BCUT2D eigenvalue weighted by atomic mass is 10.2. The van der Waals surface area contributed by atoms with Gasteiger partial charge in [0, 0.05) is 0 Å². The number of nitrogen functional groups attached to an aromatic ring is 1. The van der Waals surface area contributed by atoms with Crippen LogP contribution in [0.5, 0.6) is 0 Å². The molecule has 0 aliphatic carbocycles. The maximum Gasteiger partial charge on any atom is 0.244 e. The van der Waals surface area contributed by atoms with Crippen LogP contribution in [-0.4, -0.2) is 37.1 Å². The van der Waals surface area contributed by atoms with Crippen molar-refractivity contribution in [2.75, 3.05) is 12.3 Å². The molecule has 21 heavy (non-hydrogen) atoms. The third-order valence-electron chi connectivity index (χ3n) is 3.24. The van der Waals surface area contributed by atoms with Gasteiger partial charge in [-0.25, -0.2) is 12.8 Å². The number of amides is 2. The van der Waals surface area contributed by atoms with Gasteiger partial charge in [0.2, 0.25) is 21.8 Å². The number of hydrogen-bond donors (Lipinski definition) is 2. The first kappa shape index (κ1) is 15.4. The van der Waals surface area contributed by atoms with E-state index < -0.39 is 40.2 Å². The average molecular weight is 315 g/mol. The minimum Gasteiger partial charge on any atom is -0.396 e. The largest absolute Gasteiger partial charge is 0.396 e. The summed E-state index contributed by atoms with van der Waals surface area (Å²) in [6.45, 7) is 2.26. The third kappa shape index (κ3) is 2.61. The van der Waals surface area contributed by atoms with E-state index in [9.17, 15) is 22.4 Å². The molecule has 2 rings (SSSR count). The summed E-state index contributed by atoms with van der Waals surface area (Å²) < 4.78 is 39.3. The van der Waals surface area contributed by atoms with Crippen LogP contribution in [0.25, 0.3) is 0 Å². The maximum atomic E-state index is 13.5. The Morgan fingerprint density at radius 3 is 2.57 bits per heavy atom. The van der Waals surface area contributed by atoms with Gasteiger partial charge in [-0.2, -0.15) is 4.31 Å². The summed E-state index contributed by atoms with van der Waals surface area (Å²) in [5, 5.41) is 2.05. The molecule has 9 heteroatoms. The average Bonchev–Trinajstić information content (AvgIpc) is 2.39. The minimum atomic E-state index is -4.13. The quantitative estimate of drug-likeness (QED) is 0.578. The number of carbonyl (C=O) groups excluding carboxylic acids is 2. The van der Waals surface area contributed by atoms with E-state index in [4.69, 9.17) is 5.73 Å². The molecule has 1 heterocycles. The molecule has 0 bridgehead atoms. The lowest BCUT2D eigenvalue weighted by Crippen LogP contribution is -2.58. The van der Waals surface area contributed by atoms with E-state index in [1.54, 1.807) is 0 Å². The van der Waals surface area contributed by atoms with Gasteiger partial charge in [0.1, 0.15) is 11.9 Å². The van der Waals surface area contributed by atoms with Crippen molar-refractivity contribution in [1.29, 1.82) is 0 Å². The van der Waals surface area contributed by atoms with Crippen molar-refractivity contribution in [3.8, 4) is 0 Å². The predicted octanol–water partition coefficient (Wildman–Crippen LogP) is -0.248. The number of carbonyl (C=O) groups is 2. The highest BCUT2D eigenvalue weighted by atomic mass is 32.2. The summed E-state index contributed by atoms with van der Waals surface area (Å²) in [4.78, 5) is 22.7. The number of rotatable bonds is 2. The van der Waals surface area contributed by atoms with Gasteiger partial charge in [-0.15, -0.1) is 0 Å². The SMILES string of the molecule is Cc1cc(S(=O)(=O)N2CC(=O)NC(=O)C2C)cc(N)c1F. The molecule has 1 aromatic carbocycles. The topological polar surface area (TPSA) is 110 Å². The Morgan fingerprint density at radius 2 is 2.00 bits per heavy atom. The fourth-order valence-corrected chi connectivity index (χ4v) is 3.70. The lowest BCUT2D eigenvalue weighted by Gasteiger charge is -2.30. The first-order chi connectivity index (χ1) is 9.64. The summed E-state index contributed by atoms with van der Waals surface area (Å²) >= 11 is 0. The van der Waals surface area contributed by atoms with Gasteiger partial charge in [-0.1, -0.05) is 0 Å². The van der Waals surface area contributed by atoms with Gasteiger partial charge in [-0.3, -0.25) is 14.9 Å². The van der Waals surface area contributed by atoms with Crippen LogP contribution in [0.1, 0.15) is 12.5 Å². The number of halogens is 1. The summed E-state index contributed by atoms with van der Waals surface area (Å²) in [7, 11) is -4.13. The normalized spacial score (nSPS) is 20.4. The Morgan fingerprint density at radius 1 is 1.38 bits per heavy atom. The van der Waals surface area contributed by atoms with Crippen LogP contribution >= 0.6 is 0 Å². The van der Waals surface area contributed by atoms with Gasteiger partial charge in [0.25, 0.3) is 0 Å². The number of piperazine rings is 1. The monoisotopic (exact) mass is 315 g/mol. The number of sulfonamides is 1. The van der Waals surface area contributed by atoms with Crippen LogP contribution in [0.3, 0.4) is 0 Å². The number of nitrogens with zero attached hydrogens (tertiary/aromatic N) is 1. The summed E-state index contributed by atoms with van der Waals surface area (Å²) in [6.07, 6.45) is 0. The molecule has 0 radical (unpaired) electrons. The smallest absolute Gasteiger partial charge is 0.244 e. The van der Waals surface area contributed by atoms with E-state index in [-0.39, 0.29) is 16.1 Å². The zero-order valence-corrected chi connectivity index (χ0v) is 12.2. The number of aryl methyl sites for hydroxylation is 1. The zero-order chi connectivity index (χ0) is 15.9. The summed E-state index contributed by atoms with van der Waals surface area (Å²) in [5.41, 5.74) is 5.19. The summed E-state index contributed by atoms with van der Waals surface area (Å²) in [6, 6.07) is 1.05. The molecule has 2 amide bonds. The molecule has 1 fully saturated rings. The van der Waals surface area contributed by atoms with Crippen LogP contribution in [0.15, 0.2) is 17.0 Å². The van der Waals surface area contributed by atoms with Crippen LogP contribution in [0.2, 0.25) is 0 Å². The standard InChI is InChI=1S/C12H14FN3O4S/c1-6-3-8(4-9(14)11(6)13)21(19,20)16-5-10(17)15-12(18)7(16)2/h3-4,7H,5,14H2,1-2H3,(H,15,17,18). The second-order valence-corrected chi connectivity index (χ2v) is 6.67. The lowest BCUT2D eigenvalue weighted by molar-refractivity contribution is -0.136. The number of benzene rings is 1. The molecule has 0 saturated carbocycles. The van der Waals surface area contributed by atoms with Crippen LogP contribution in [0, 0.1) is 12.7 Å². The van der Waals surface area contributed by atoms with Crippen molar-refractivity contribution in [2.45, 2.75) is 24.8 Å². The molecule has 1 atom stereocenters. The first-order valence-electron chi connectivity index (χ1n) is 6.05. The van der Waals surface area contributed by atoms with E-state index in [2.05, 4.69) is 0 Å². The van der Waals surface area contributed by atoms with E-state index >= 15 is 0 Å². The third-order valence-corrected chi connectivity index (χ3v) is 5.13. The fourth-order valence-electron chi connectivity index (χ4n) is 2.03. The van der Waals surface area contributed by atoms with E-state index in [0.717, 1.165) is 16.4 Å².